The second-order valence-electron chi connectivity index (χ2n) is 7.39. The molecule has 1 atom stereocenters. The summed E-state index contributed by atoms with van der Waals surface area (Å²) in [5, 5.41) is 2.98. The second kappa shape index (κ2) is 10.4. The summed E-state index contributed by atoms with van der Waals surface area (Å²) in [6, 6.07) is 6.54. The van der Waals surface area contributed by atoms with Crippen molar-refractivity contribution in [1.29, 1.82) is 0 Å². The summed E-state index contributed by atoms with van der Waals surface area (Å²) in [5.74, 6) is 1.53. The number of hydrogen-bond acceptors (Lipinski definition) is 7. The monoisotopic (exact) mass is 443 g/mol. The summed E-state index contributed by atoms with van der Waals surface area (Å²) in [7, 11) is 6.17. The average molecular weight is 443 g/mol. The minimum absolute atomic E-state index is 0.176. The first-order valence-corrected chi connectivity index (χ1v) is 10.3. The smallest absolute Gasteiger partial charge is 0.220 e. The highest BCUT2D eigenvalue weighted by Crippen LogP contribution is 2.50. The van der Waals surface area contributed by atoms with Gasteiger partial charge >= 0.3 is 0 Å². The Morgan fingerprint density at radius 1 is 1.00 bits per heavy atom. The van der Waals surface area contributed by atoms with Gasteiger partial charge in [0.15, 0.2) is 17.2 Å². The van der Waals surface area contributed by atoms with Crippen LogP contribution in [-0.2, 0) is 16.0 Å². The van der Waals surface area contributed by atoms with Gasteiger partial charge in [-0.3, -0.25) is 9.59 Å². The number of carbonyl (C=O) groups excluding carboxylic acids is 1. The molecule has 2 aromatic carbocycles. The molecule has 3 rings (SSSR count). The van der Waals surface area contributed by atoms with Crippen molar-refractivity contribution in [2.45, 2.75) is 25.8 Å². The molecule has 0 heterocycles. The fraction of sp³-hybridized carbons (Fsp3) is 0.417. The average Bonchev–Trinajstić information content (AvgIpc) is 3.02. The number of benzene rings is 1. The normalized spacial score (nSPS) is 14.5. The van der Waals surface area contributed by atoms with Crippen molar-refractivity contribution in [3.63, 3.8) is 0 Å². The van der Waals surface area contributed by atoms with Crippen LogP contribution in [0.15, 0.2) is 29.1 Å². The third-order valence-electron chi connectivity index (χ3n) is 5.43. The van der Waals surface area contributed by atoms with E-state index in [4.69, 9.17) is 23.7 Å². The van der Waals surface area contributed by atoms with Crippen LogP contribution in [0.25, 0.3) is 11.1 Å². The third-order valence-corrected chi connectivity index (χ3v) is 5.43. The molecule has 1 aliphatic carbocycles. The number of amides is 1. The molecule has 0 saturated carbocycles. The van der Waals surface area contributed by atoms with E-state index >= 15 is 0 Å². The van der Waals surface area contributed by atoms with Crippen molar-refractivity contribution in [3.05, 3.63) is 45.6 Å². The maximum absolute atomic E-state index is 12.8. The number of hydrogen-bond donors (Lipinski definition) is 1. The lowest BCUT2D eigenvalue weighted by Crippen LogP contribution is -2.26. The van der Waals surface area contributed by atoms with E-state index in [0.717, 1.165) is 16.7 Å². The van der Waals surface area contributed by atoms with Crippen LogP contribution in [0.5, 0.6) is 23.0 Å². The van der Waals surface area contributed by atoms with E-state index in [1.807, 2.05) is 12.1 Å². The van der Waals surface area contributed by atoms with Crippen molar-refractivity contribution in [2.24, 2.45) is 0 Å². The van der Waals surface area contributed by atoms with Gasteiger partial charge in [-0.15, -0.1) is 0 Å². The lowest BCUT2D eigenvalue weighted by molar-refractivity contribution is -0.119. The molecule has 1 N–H and O–H groups in total. The molecule has 2 aromatic rings. The van der Waals surface area contributed by atoms with E-state index < -0.39 is 0 Å². The second-order valence-corrected chi connectivity index (χ2v) is 7.39. The molecular weight excluding hydrogens is 414 g/mol. The fourth-order valence-corrected chi connectivity index (χ4v) is 4.03. The van der Waals surface area contributed by atoms with E-state index in [2.05, 4.69) is 5.32 Å². The molecule has 0 unspecified atom stereocenters. The zero-order valence-corrected chi connectivity index (χ0v) is 19.1. The predicted octanol–water partition coefficient (Wildman–Crippen LogP) is 2.89. The van der Waals surface area contributed by atoms with Crippen molar-refractivity contribution in [1.82, 2.24) is 5.32 Å². The van der Waals surface area contributed by atoms with E-state index in [0.29, 0.717) is 48.9 Å². The van der Waals surface area contributed by atoms with Crippen LogP contribution >= 0.6 is 0 Å². The molecule has 0 aromatic heterocycles. The first-order chi connectivity index (χ1) is 15.4. The highest BCUT2D eigenvalue weighted by molar-refractivity contribution is 5.83. The van der Waals surface area contributed by atoms with Crippen LogP contribution in [0.3, 0.4) is 0 Å². The Morgan fingerprint density at radius 3 is 2.38 bits per heavy atom. The first-order valence-electron chi connectivity index (χ1n) is 10.3. The van der Waals surface area contributed by atoms with Crippen LogP contribution < -0.4 is 29.7 Å². The van der Waals surface area contributed by atoms with Crippen LogP contribution in [0.4, 0.5) is 0 Å². The van der Waals surface area contributed by atoms with Crippen LogP contribution in [-0.4, -0.2) is 47.6 Å². The van der Waals surface area contributed by atoms with Gasteiger partial charge in [-0.1, -0.05) is 6.07 Å². The number of aryl methyl sites for hydroxylation is 1. The topological polar surface area (TPSA) is 92.3 Å². The van der Waals surface area contributed by atoms with Crippen molar-refractivity contribution >= 4 is 5.91 Å². The van der Waals surface area contributed by atoms with E-state index in [1.165, 1.54) is 20.1 Å². The molecule has 1 aliphatic rings. The van der Waals surface area contributed by atoms with Gasteiger partial charge in [0.2, 0.25) is 17.1 Å². The van der Waals surface area contributed by atoms with Crippen molar-refractivity contribution < 1.29 is 28.5 Å². The van der Waals surface area contributed by atoms with E-state index in [-0.39, 0.29) is 23.1 Å². The molecule has 8 nitrogen and oxygen atoms in total. The lowest BCUT2D eigenvalue weighted by atomic mass is 9.95. The third kappa shape index (κ3) is 4.65. The molecular formula is C24H29NO7. The molecule has 0 fully saturated rings. The Morgan fingerprint density at radius 2 is 1.75 bits per heavy atom. The van der Waals surface area contributed by atoms with Gasteiger partial charge in [0, 0.05) is 19.6 Å². The maximum atomic E-state index is 12.8. The van der Waals surface area contributed by atoms with Crippen molar-refractivity contribution in [3.8, 4) is 34.1 Å². The first kappa shape index (κ1) is 23.4. The number of ether oxygens (including phenoxy) is 5. The summed E-state index contributed by atoms with van der Waals surface area (Å²) >= 11 is 0. The number of methoxy groups -OCH3 is 4. The SMILES string of the molecule is COCCOc1c(OC)c(OC)cc2c1-c1ccc(OC)c(=O)cc1[C@@H](NC(C)=O)CC2. The standard InChI is InChI=1S/C24H29NO7/c1-14(26)25-18-8-6-15-12-21(30-4)23(31-5)24(32-11-10-28-2)22(15)16-7-9-20(29-3)19(27)13-17(16)18/h7,9,12-13,18H,6,8,10-11H2,1-5H3,(H,25,26)/t18-/m0/s1. The molecule has 0 spiro atoms. The zero-order chi connectivity index (χ0) is 23.3. The Bertz CT molecular complexity index is 1050. The lowest BCUT2D eigenvalue weighted by Gasteiger charge is -2.21. The Kier molecular flexibility index (Phi) is 7.58. The molecule has 32 heavy (non-hydrogen) atoms. The maximum Gasteiger partial charge on any atom is 0.220 e. The summed E-state index contributed by atoms with van der Waals surface area (Å²) in [6.45, 7) is 2.15. The molecule has 1 amide bonds. The van der Waals surface area contributed by atoms with Crippen molar-refractivity contribution in [2.75, 3.05) is 41.7 Å². The van der Waals surface area contributed by atoms with E-state index in [1.54, 1.807) is 27.4 Å². The highest BCUT2D eigenvalue weighted by atomic mass is 16.5. The number of fused-ring (bicyclic) bond motifs is 3. The largest absolute Gasteiger partial charge is 0.493 e. The summed E-state index contributed by atoms with van der Waals surface area (Å²) in [4.78, 5) is 24.7. The number of rotatable bonds is 8. The van der Waals surface area contributed by atoms with Gasteiger partial charge in [-0.05, 0) is 47.7 Å². The Labute approximate surface area is 187 Å². The number of carbonyl (C=O) groups is 1. The van der Waals surface area contributed by atoms with Gasteiger partial charge in [-0.25, -0.2) is 0 Å². The molecule has 8 heteroatoms. The number of nitrogens with one attached hydrogen (secondary N) is 1. The minimum Gasteiger partial charge on any atom is -0.493 e. The van der Waals surface area contributed by atoms with Gasteiger partial charge < -0.3 is 29.0 Å². The van der Waals surface area contributed by atoms with Crippen LogP contribution in [0.1, 0.15) is 30.5 Å². The molecule has 172 valence electrons. The zero-order valence-electron chi connectivity index (χ0n) is 19.1. The minimum atomic E-state index is -0.358. The molecule has 0 radical (unpaired) electrons. The summed E-state index contributed by atoms with van der Waals surface area (Å²) in [5.41, 5.74) is 2.93. The highest BCUT2D eigenvalue weighted by Gasteiger charge is 2.29. The van der Waals surface area contributed by atoms with Gasteiger partial charge in [-0.2, -0.15) is 0 Å². The van der Waals surface area contributed by atoms with Crippen LogP contribution in [0, 0.1) is 0 Å². The fourth-order valence-electron chi connectivity index (χ4n) is 4.03. The predicted molar refractivity (Wildman–Crippen MR) is 120 cm³/mol. The summed E-state index contributed by atoms with van der Waals surface area (Å²) < 4.78 is 27.8. The Hall–Kier alpha value is -3.26. The summed E-state index contributed by atoms with van der Waals surface area (Å²) in [6.07, 6.45) is 1.23. The molecule has 0 aliphatic heterocycles. The van der Waals surface area contributed by atoms with Gasteiger partial charge in [0.1, 0.15) is 6.61 Å². The van der Waals surface area contributed by atoms with Gasteiger partial charge in [0.05, 0.1) is 34.0 Å². The van der Waals surface area contributed by atoms with Crippen LogP contribution in [0.2, 0.25) is 0 Å². The molecule has 0 saturated heterocycles. The molecule has 0 bridgehead atoms. The van der Waals surface area contributed by atoms with E-state index in [9.17, 15) is 9.59 Å². The van der Waals surface area contributed by atoms with Gasteiger partial charge in [0.25, 0.3) is 0 Å². The Balaban J connectivity index is 2.36. The quantitative estimate of drug-likeness (QED) is 0.627.